The van der Waals surface area contributed by atoms with Crippen molar-refractivity contribution in [1.82, 2.24) is 14.8 Å². The largest absolute Gasteiger partial charge is 0.342 e. The maximum atomic E-state index is 14.3. The number of nitrogens with zero attached hydrogens (tertiary/aromatic N) is 2. The Morgan fingerprint density at radius 2 is 1.70 bits per heavy atom. The summed E-state index contributed by atoms with van der Waals surface area (Å²) in [5.74, 6) is -1.54. The van der Waals surface area contributed by atoms with Crippen LogP contribution in [0.4, 0.5) is 9.18 Å². The zero-order chi connectivity index (χ0) is 22.9. The molecule has 4 amide bonds. The molecule has 1 N–H and O–H groups in total. The minimum absolute atomic E-state index is 0.0611. The number of aromatic nitrogens is 1. The molecule has 3 aromatic rings. The average molecular weight is 445 g/mol. The number of amides is 4. The second kappa shape index (κ2) is 8.65. The second-order valence-electron chi connectivity index (χ2n) is 8.61. The molecule has 0 radical (unpaired) electrons. The zero-order valence-corrected chi connectivity index (χ0v) is 18.1. The average Bonchev–Trinajstić information content (AvgIpc) is 3.16. The predicted molar refractivity (Wildman–Crippen MR) is 123 cm³/mol. The summed E-state index contributed by atoms with van der Waals surface area (Å²) in [5.41, 5.74) is 2.00. The number of nitrogens with one attached hydrogen (secondary N) is 1. The lowest BCUT2D eigenvalue weighted by Crippen LogP contribution is -2.58. The maximum absolute atomic E-state index is 14.3. The summed E-state index contributed by atoms with van der Waals surface area (Å²) in [4.78, 5) is 39.6. The molecule has 2 aromatic carbocycles. The van der Waals surface area contributed by atoms with Gasteiger partial charge in [0.05, 0.1) is 6.54 Å². The highest BCUT2D eigenvalue weighted by molar-refractivity contribution is 6.31. The van der Waals surface area contributed by atoms with E-state index >= 15 is 0 Å². The molecular weight excluding hydrogens is 421 g/mol. The normalized spacial score (nSPS) is 18.9. The fraction of sp³-hybridized carbons (Fsp3) is 0.269. The van der Waals surface area contributed by atoms with E-state index in [2.05, 4.69) is 5.32 Å². The molecule has 0 unspecified atom stereocenters. The number of rotatable bonds is 4. The van der Waals surface area contributed by atoms with Gasteiger partial charge < -0.3 is 4.57 Å². The first-order valence-electron chi connectivity index (χ1n) is 11.2. The van der Waals surface area contributed by atoms with Crippen LogP contribution in [0.2, 0.25) is 0 Å². The number of para-hydroxylation sites is 1. The Bertz CT molecular complexity index is 1290. The van der Waals surface area contributed by atoms with Crippen molar-refractivity contribution in [2.75, 3.05) is 0 Å². The number of barbiturate groups is 1. The lowest BCUT2D eigenvalue weighted by Gasteiger charge is -2.35. The number of carbonyl (C=O) groups is 3. The second-order valence-corrected chi connectivity index (χ2v) is 8.61. The van der Waals surface area contributed by atoms with E-state index in [4.69, 9.17) is 0 Å². The van der Waals surface area contributed by atoms with E-state index in [-0.39, 0.29) is 17.4 Å². The Labute approximate surface area is 190 Å². The van der Waals surface area contributed by atoms with Gasteiger partial charge >= 0.3 is 6.03 Å². The van der Waals surface area contributed by atoms with E-state index in [1.807, 2.05) is 35.0 Å². The summed E-state index contributed by atoms with van der Waals surface area (Å²) in [6.07, 6.45) is 7.86. The van der Waals surface area contributed by atoms with Crippen molar-refractivity contribution >= 4 is 34.8 Å². The minimum atomic E-state index is -0.692. The Morgan fingerprint density at radius 1 is 0.970 bits per heavy atom. The molecule has 0 spiro atoms. The zero-order valence-electron chi connectivity index (χ0n) is 18.1. The van der Waals surface area contributed by atoms with Crippen LogP contribution in [0, 0.1) is 5.82 Å². The van der Waals surface area contributed by atoms with Crippen molar-refractivity contribution in [1.29, 1.82) is 0 Å². The number of benzene rings is 2. The van der Waals surface area contributed by atoms with E-state index in [0.717, 1.165) is 43.0 Å². The number of urea groups is 1. The molecule has 2 heterocycles. The molecule has 1 saturated carbocycles. The first-order chi connectivity index (χ1) is 16.0. The van der Waals surface area contributed by atoms with Crippen LogP contribution in [0.1, 0.15) is 43.2 Å². The Kier molecular flexibility index (Phi) is 5.54. The molecule has 5 rings (SSSR count). The number of halogens is 1. The molecule has 7 heteroatoms. The van der Waals surface area contributed by atoms with E-state index < -0.39 is 17.8 Å². The Balaban J connectivity index is 1.54. The van der Waals surface area contributed by atoms with Crippen molar-refractivity contribution in [2.24, 2.45) is 0 Å². The van der Waals surface area contributed by atoms with Crippen molar-refractivity contribution < 1.29 is 18.8 Å². The molecule has 2 fully saturated rings. The standard InChI is InChI=1S/C26H24FN3O3/c27-22-12-6-4-8-17(22)15-29-16-18(20-11-5-7-13-23(20)29)14-21-24(31)28-26(33)30(25(21)32)19-9-2-1-3-10-19/h4-8,11-14,16,19H,1-3,9-10,15H2,(H,28,31,33)/b21-14+. The van der Waals surface area contributed by atoms with Crippen LogP contribution in [0.15, 0.2) is 60.3 Å². The van der Waals surface area contributed by atoms with Crippen molar-refractivity contribution in [2.45, 2.75) is 44.7 Å². The highest BCUT2D eigenvalue weighted by Gasteiger charge is 2.40. The van der Waals surface area contributed by atoms with Crippen molar-refractivity contribution in [3.05, 3.63) is 77.2 Å². The van der Waals surface area contributed by atoms with E-state index in [1.54, 1.807) is 24.3 Å². The summed E-state index contributed by atoms with van der Waals surface area (Å²) >= 11 is 0. The third kappa shape index (κ3) is 3.95. The van der Waals surface area contributed by atoms with Gasteiger partial charge in [0.2, 0.25) is 0 Å². The molecule has 1 saturated heterocycles. The van der Waals surface area contributed by atoms with Gasteiger partial charge in [-0.15, -0.1) is 0 Å². The van der Waals surface area contributed by atoms with Crippen LogP contribution in [-0.2, 0) is 16.1 Å². The quantitative estimate of drug-likeness (QED) is 0.470. The van der Waals surface area contributed by atoms with Crippen molar-refractivity contribution in [3.63, 3.8) is 0 Å². The highest BCUT2D eigenvalue weighted by Crippen LogP contribution is 2.29. The molecule has 168 valence electrons. The van der Waals surface area contributed by atoms with Crippen LogP contribution in [0.3, 0.4) is 0 Å². The molecule has 33 heavy (non-hydrogen) atoms. The smallest absolute Gasteiger partial charge is 0.331 e. The molecule has 0 bridgehead atoms. The molecule has 2 aliphatic rings. The molecular formula is C26H24FN3O3. The van der Waals surface area contributed by atoms with Crippen LogP contribution < -0.4 is 5.32 Å². The predicted octanol–water partition coefficient (Wildman–Crippen LogP) is 4.62. The van der Waals surface area contributed by atoms with Crippen molar-refractivity contribution in [3.8, 4) is 0 Å². The van der Waals surface area contributed by atoms with Gasteiger partial charge in [0.25, 0.3) is 11.8 Å². The molecule has 1 aromatic heterocycles. The lowest BCUT2D eigenvalue weighted by molar-refractivity contribution is -0.132. The van der Waals surface area contributed by atoms with Gasteiger partial charge in [0.15, 0.2) is 0 Å². The topological polar surface area (TPSA) is 71.4 Å². The maximum Gasteiger partial charge on any atom is 0.331 e. The van der Waals surface area contributed by atoms with Crippen LogP contribution in [0.25, 0.3) is 17.0 Å². The van der Waals surface area contributed by atoms with Gasteiger partial charge in [-0.1, -0.05) is 55.7 Å². The first-order valence-corrected chi connectivity index (χ1v) is 11.2. The van der Waals surface area contributed by atoms with Gasteiger partial charge in [-0.3, -0.25) is 19.8 Å². The van der Waals surface area contributed by atoms with E-state index in [1.165, 1.54) is 11.0 Å². The summed E-state index contributed by atoms with van der Waals surface area (Å²) in [5, 5.41) is 3.17. The van der Waals surface area contributed by atoms with E-state index in [0.29, 0.717) is 17.7 Å². The van der Waals surface area contributed by atoms with E-state index in [9.17, 15) is 18.8 Å². The minimum Gasteiger partial charge on any atom is -0.342 e. The van der Waals surface area contributed by atoms with Crippen LogP contribution in [-0.4, -0.2) is 33.4 Å². The number of hydrogen-bond acceptors (Lipinski definition) is 3. The number of carbonyl (C=O) groups excluding carboxylic acids is 3. The lowest BCUT2D eigenvalue weighted by atomic mass is 9.93. The number of imide groups is 2. The SMILES string of the molecule is O=C1NC(=O)N(C2CCCCC2)C(=O)/C1=C/c1cn(Cc2ccccc2F)c2ccccc12. The molecule has 1 aliphatic heterocycles. The summed E-state index contributed by atoms with van der Waals surface area (Å²) < 4.78 is 16.2. The third-order valence-corrected chi connectivity index (χ3v) is 6.49. The van der Waals surface area contributed by atoms with Crippen LogP contribution in [0.5, 0.6) is 0 Å². The Morgan fingerprint density at radius 3 is 2.48 bits per heavy atom. The van der Waals surface area contributed by atoms with Gasteiger partial charge in [-0.05, 0) is 31.1 Å². The fourth-order valence-corrected chi connectivity index (χ4v) is 4.83. The first kappa shape index (κ1) is 21.1. The summed E-state index contributed by atoms with van der Waals surface area (Å²) in [7, 11) is 0. The number of hydrogen-bond donors (Lipinski definition) is 1. The number of fused-ring (bicyclic) bond motifs is 1. The fourth-order valence-electron chi connectivity index (χ4n) is 4.83. The highest BCUT2D eigenvalue weighted by atomic mass is 19.1. The molecule has 6 nitrogen and oxygen atoms in total. The van der Waals surface area contributed by atoms with Gasteiger partial charge in [0, 0.05) is 34.3 Å². The summed E-state index contributed by atoms with van der Waals surface area (Å²) in [6.45, 7) is 0.309. The Hall–Kier alpha value is -3.74. The van der Waals surface area contributed by atoms with Gasteiger partial charge in [-0.2, -0.15) is 0 Å². The third-order valence-electron chi connectivity index (χ3n) is 6.49. The van der Waals surface area contributed by atoms with Gasteiger partial charge in [-0.25, -0.2) is 9.18 Å². The van der Waals surface area contributed by atoms with Gasteiger partial charge in [0.1, 0.15) is 11.4 Å². The summed E-state index contributed by atoms with van der Waals surface area (Å²) in [6, 6.07) is 13.3. The van der Waals surface area contributed by atoms with Crippen LogP contribution >= 0.6 is 0 Å². The molecule has 1 aliphatic carbocycles. The molecule has 0 atom stereocenters. The monoisotopic (exact) mass is 445 g/mol.